The first-order valence-corrected chi connectivity index (χ1v) is 18.4. The predicted octanol–water partition coefficient (Wildman–Crippen LogP) is 14.4. The van der Waals surface area contributed by atoms with E-state index in [-0.39, 0.29) is 0 Å². The van der Waals surface area contributed by atoms with Gasteiger partial charge in [0.25, 0.3) is 0 Å². The number of para-hydroxylation sites is 4. The van der Waals surface area contributed by atoms with Crippen LogP contribution in [-0.4, -0.2) is 9.13 Å². The number of nitrogens with zero attached hydrogens (tertiary/aromatic N) is 2. The van der Waals surface area contributed by atoms with Gasteiger partial charge in [0.05, 0.1) is 27.6 Å². The van der Waals surface area contributed by atoms with E-state index in [2.05, 4.69) is 71.3 Å². The van der Waals surface area contributed by atoms with Gasteiger partial charge in [-0.25, -0.2) is 0 Å². The Bertz CT molecular complexity index is 3540. The van der Waals surface area contributed by atoms with Gasteiger partial charge in [0.2, 0.25) is 0 Å². The average Bonchev–Trinajstić information content (AvgIpc) is 3.97. The van der Waals surface area contributed by atoms with Crippen LogP contribution in [-0.2, 0) is 6.18 Å². The van der Waals surface area contributed by atoms with Crippen LogP contribution in [0.5, 0.6) is 0 Å². The Morgan fingerprint density at radius 1 is 0.375 bits per heavy atom. The van der Waals surface area contributed by atoms with E-state index in [4.69, 9.17) is 8.83 Å². The van der Waals surface area contributed by atoms with Crippen LogP contribution in [0.1, 0.15) is 5.56 Å². The molecular weight excluding hydrogens is 706 g/mol. The Hall–Kier alpha value is -7.25. The molecule has 0 aliphatic heterocycles. The lowest BCUT2D eigenvalue weighted by Crippen LogP contribution is -2.04. The Labute approximate surface area is 315 Å². The summed E-state index contributed by atoms with van der Waals surface area (Å²) in [5.41, 5.74) is 9.60. The fourth-order valence-corrected chi connectivity index (χ4v) is 8.85. The van der Waals surface area contributed by atoms with Crippen molar-refractivity contribution in [2.75, 3.05) is 0 Å². The fourth-order valence-electron chi connectivity index (χ4n) is 8.85. The minimum absolute atomic E-state index is 0.515. The average molecular weight is 733 g/mol. The quantitative estimate of drug-likeness (QED) is 0.181. The molecule has 8 aromatic carbocycles. The van der Waals surface area contributed by atoms with Gasteiger partial charge < -0.3 is 18.0 Å². The third-order valence-electron chi connectivity index (χ3n) is 11.3. The van der Waals surface area contributed by atoms with Crippen molar-refractivity contribution in [2.24, 2.45) is 0 Å². The van der Waals surface area contributed by atoms with E-state index in [1.54, 1.807) is 6.07 Å². The zero-order chi connectivity index (χ0) is 37.3. The predicted molar refractivity (Wildman–Crippen MR) is 220 cm³/mol. The number of hydrogen-bond donors (Lipinski definition) is 0. The Kier molecular flexibility index (Phi) is 6.20. The zero-order valence-corrected chi connectivity index (χ0v) is 29.4. The van der Waals surface area contributed by atoms with Crippen LogP contribution >= 0.6 is 0 Å². The molecule has 4 nitrogen and oxygen atoms in total. The standard InChI is InChI=1S/C49H27F3N2O2/c50-49(51,52)29-17-21-44-38(25-29)37-24-28(16-20-43(37)54(44)30-18-22-46-39(26-30)35-10-3-6-15-45(35)55-46)32-11-7-12-36-40-27-31(19-23-47(40)56-48(32)36)53-41-13-4-1-8-33(41)34-9-2-5-14-42(34)53/h1-27H. The van der Waals surface area contributed by atoms with Crippen molar-refractivity contribution < 1.29 is 22.0 Å². The molecular formula is C49H27F3N2O2. The zero-order valence-electron chi connectivity index (χ0n) is 29.4. The van der Waals surface area contributed by atoms with Gasteiger partial charge in [-0.15, -0.1) is 0 Å². The van der Waals surface area contributed by atoms with Crippen molar-refractivity contribution in [3.63, 3.8) is 0 Å². The number of aromatic nitrogens is 2. The third kappa shape index (κ3) is 4.36. The van der Waals surface area contributed by atoms with Crippen molar-refractivity contribution in [1.29, 1.82) is 0 Å². The number of fused-ring (bicyclic) bond motifs is 12. The highest BCUT2D eigenvalue weighted by Gasteiger charge is 2.31. The van der Waals surface area contributed by atoms with Crippen molar-refractivity contribution in [3.8, 4) is 22.5 Å². The largest absolute Gasteiger partial charge is 0.456 e. The van der Waals surface area contributed by atoms with Crippen LogP contribution in [0, 0.1) is 0 Å². The maximum absolute atomic E-state index is 14.2. The van der Waals surface area contributed by atoms with E-state index in [0.29, 0.717) is 16.3 Å². The molecule has 266 valence electrons. The van der Waals surface area contributed by atoms with Gasteiger partial charge in [-0.3, -0.25) is 0 Å². The number of furan rings is 2. The van der Waals surface area contributed by atoms with Gasteiger partial charge in [0.15, 0.2) is 0 Å². The molecule has 0 fully saturated rings. The van der Waals surface area contributed by atoms with Crippen LogP contribution in [0.3, 0.4) is 0 Å². The molecule has 0 aliphatic carbocycles. The monoisotopic (exact) mass is 732 g/mol. The molecule has 12 rings (SSSR count). The van der Waals surface area contributed by atoms with Crippen LogP contribution < -0.4 is 0 Å². The van der Waals surface area contributed by atoms with Crippen molar-refractivity contribution in [2.45, 2.75) is 6.18 Å². The third-order valence-corrected chi connectivity index (χ3v) is 11.3. The number of alkyl halides is 3. The van der Waals surface area contributed by atoms with E-state index in [0.717, 1.165) is 89.0 Å². The lowest BCUT2D eigenvalue weighted by Gasteiger charge is -2.10. The molecule has 0 saturated carbocycles. The maximum Gasteiger partial charge on any atom is 0.416 e. The molecule has 0 N–H and O–H groups in total. The lowest BCUT2D eigenvalue weighted by molar-refractivity contribution is -0.137. The van der Waals surface area contributed by atoms with E-state index < -0.39 is 11.7 Å². The van der Waals surface area contributed by atoms with Crippen molar-refractivity contribution in [3.05, 3.63) is 169 Å². The summed E-state index contributed by atoms with van der Waals surface area (Å²) in [5, 5.41) is 7.47. The van der Waals surface area contributed by atoms with E-state index in [1.807, 2.05) is 83.4 Å². The Morgan fingerprint density at radius 3 is 1.61 bits per heavy atom. The van der Waals surface area contributed by atoms with Gasteiger partial charge in [0.1, 0.15) is 22.3 Å². The molecule has 12 aromatic rings. The van der Waals surface area contributed by atoms with Gasteiger partial charge >= 0.3 is 6.18 Å². The Morgan fingerprint density at radius 2 is 0.911 bits per heavy atom. The molecule has 0 amide bonds. The van der Waals surface area contributed by atoms with Gasteiger partial charge in [0, 0.05) is 60.0 Å². The van der Waals surface area contributed by atoms with Gasteiger partial charge in [-0.2, -0.15) is 13.2 Å². The summed E-state index contributed by atoms with van der Waals surface area (Å²) in [5.74, 6) is 0. The van der Waals surface area contributed by atoms with Gasteiger partial charge in [-0.1, -0.05) is 78.9 Å². The topological polar surface area (TPSA) is 36.1 Å². The van der Waals surface area contributed by atoms with Crippen LogP contribution in [0.25, 0.3) is 110 Å². The minimum atomic E-state index is -4.49. The molecule has 0 atom stereocenters. The minimum Gasteiger partial charge on any atom is -0.456 e. The lowest BCUT2D eigenvalue weighted by atomic mass is 10.00. The molecule has 56 heavy (non-hydrogen) atoms. The first kappa shape index (κ1) is 31.1. The van der Waals surface area contributed by atoms with Crippen LogP contribution in [0.4, 0.5) is 13.2 Å². The molecule has 4 aromatic heterocycles. The van der Waals surface area contributed by atoms with E-state index in [1.165, 1.54) is 16.8 Å². The fraction of sp³-hybridized carbons (Fsp3) is 0.0204. The van der Waals surface area contributed by atoms with E-state index >= 15 is 0 Å². The molecule has 7 heteroatoms. The molecule has 0 unspecified atom stereocenters. The molecule has 0 spiro atoms. The SMILES string of the molecule is FC(F)(F)c1ccc2c(c1)c1cc(-c3cccc4c3oc3ccc(-n5c6ccccc6c6ccccc65)cc34)ccc1n2-c1ccc2oc3ccccc3c2c1. The van der Waals surface area contributed by atoms with E-state index in [9.17, 15) is 13.2 Å². The highest BCUT2D eigenvalue weighted by Crippen LogP contribution is 2.43. The normalized spacial score (nSPS) is 12.6. The van der Waals surface area contributed by atoms with Crippen molar-refractivity contribution >= 4 is 87.5 Å². The summed E-state index contributed by atoms with van der Waals surface area (Å²) < 4.78 is 59.6. The number of hydrogen-bond acceptors (Lipinski definition) is 2. The highest BCUT2D eigenvalue weighted by atomic mass is 19.4. The number of benzene rings is 8. The smallest absolute Gasteiger partial charge is 0.416 e. The summed E-state index contributed by atoms with van der Waals surface area (Å²) in [6.07, 6.45) is -4.49. The highest BCUT2D eigenvalue weighted by molar-refractivity contribution is 6.15. The Balaban J connectivity index is 1.06. The van der Waals surface area contributed by atoms with Crippen molar-refractivity contribution in [1.82, 2.24) is 9.13 Å². The first-order valence-electron chi connectivity index (χ1n) is 18.4. The first-order chi connectivity index (χ1) is 27.4. The summed E-state index contributed by atoms with van der Waals surface area (Å²) in [6.45, 7) is 0. The molecule has 0 bridgehead atoms. The summed E-state index contributed by atoms with van der Waals surface area (Å²) >= 11 is 0. The second-order valence-electron chi connectivity index (χ2n) is 14.4. The second kappa shape index (κ2) is 11.1. The summed E-state index contributed by atoms with van der Waals surface area (Å²) in [7, 11) is 0. The molecule has 4 heterocycles. The van der Waals surface area contributed by atoms with Crippen LogP contribution in [0.15, 0.2) is 173 Å². The summed E-state index contributed by atoms with van der Waals surface area (Å²) in [4.78, 5) is 0. The number of halogens is 3. The second-order valence-corrected chi connectivity index (χ2v) is 14.4. The maximum atomic E-state index is 14.2. The van der Waals surface area contributed by atoms with Gasteiger partial charge in [-0.05, 0) is 90.5 Å². The molecule has 0 aliphatic rings. The summed E-state index contributed by atoms with van der Waals surface area (Å²) in [6, 6.07) is 53.1. The number of rotatable bonds is 3. The van der Waals surface area contributed by atoms with Crippen LogP contribution in [0.2, 0.25) is 0 Å². The molecule has 0 radical (unpaired) electrons. The molecule has 0 saturated heterocycles.